The van der Waals surface area contributed by atoms with Crippen LogP contribution in [0.25, 0.3) is 0 Å². The highest BCUT2D eigenvalue weighted by molar-refractivity contribution is 5.92. The average molecular weight is 340 g/mol. The van der Waals surface area contributed by atoms with E-state index in [4.69, 9.17) is 4.74 Å². The Morgan fingerprint density at radius 1 is 1.00 bits per heavy atom. The van der Waals surface area contributed by atoms with E-state index in [0.717, 1.165) is 11.1 Å². The van der Waals surface area contributed by atoms with Crippen LogP contribution in [0.2, 0.25) is 0 Å². The SMILES string of the molecule is Cc1ccccc1COC(=O)[C@H](NC(=O)Nc1ccccc1)C(C)C. The van der Waals surface area contributed by atoms with Crippen molar-refractivity contribution in [2.24, 2.45) is 5.92 Å². The second-order valence-electron chi connectivity index (χ2n) is 6.22. The van der Waals surface area contributed by atoms with Gasteiger partial charge in [0.15, 0.2) is 0 Å². The minimum Gasteiger partial charge on any atom is -0.459 e. The first kappa shape index (κ1) is 18.5. The van der Waals surface area contributed by atoms with Crippen LogP contribution in [0.15, 0.2) is 54.6 Å². The molecule has 5 nitrogen and oxygen atoms in total. The summed E-state index contributed by atoms with van der Waals surface area (Å²) < 4.78 is 5.40. The Morgan fingerprint density at radius 3 is 2.28 bits per heavy atom. The molecule has 2 aromatic rings. The molecule has 0 saturated heterocycles. The van der Waals surface area contributed by atoms with Crippen LogP contribution in [0.1, 0.15) is 25.0 Å². The highest BCUT2D eigenvalue weighted by atomic mass is 16.5. The Morgan fingerprint density at radius 2 is 1.64 bits per heavy atom. The smallest absolute Gasteiger partial charge is 0.329 e. The van der Waals surface area contributed by atoms with Crippen LogP contribution in [0.3, 0.4) is 0 Å². The van der Waals surface area contributed by atoms with Gasteiger partial charge in [0.25, 0.3) is 0 Å². The van der Waals surface area contributed by atoms with Gasteiger partial charge in [-0.1, -0.05) is 56.3 Å². The van der Waals surface area contributed by atoms with Crippen LogP contribution in [0.4, 0.5) is 10.5 Å². The third kappa shape index (κ3) is 5.64. The van der Waals surface area contributed by atoms with Crippen molar-refractivity contribution in [1.82, 2.24) is 5.32 Å². The molecule has 0 unspecified atom stereocenters. The van der Waals surface area contributed by atoms with E-state index in [9.17, 15) is 9.59 Å². The number of carbonyl (C=O) groups excluding carboxylic acids is 2. The van der Waals surface area contributed by atoms with Crippen LogP contribution in [-0.2, 0) is 16.1 Å². The number of urea groups is 1. The van der Waals surface area contributed by atoms with E-state index in [1.807, 2.05) is 63.2 Å². The van der Waals surface area contributed by atoms with Crippen LogP contribution in [-0.4, -0.2) is 18.0 Å². The molecule has 5 heteroatoms. The van der Waals surface area contributed by atoms with E-state index in [0.29, 0.717) is 5.69 Å². The molecule has 0 aliphatic carbocycles. The van der Waals surface area contributed by atoms with E-state index < -0.39 is 18.0 Å². The molecule has 2 rings (SSSR count). The molecule has 2 aromatic carbocycles. The molecule has 132 valence electrons. The second-order valence-corrected chi connectivity index (χ2v) is 6.22. The number of amides is 2. The van der Waals surface area contributed by atoms with Gasteiger partial charge in [-0.05, 0) is 36.1 Å². The van der Waals surface area contributed by atoms with Crippen LogP contribution in [0.5, 0.6) is 0 Å². The second kappa shape index (κ2) is 8.87. The third-order valence-corrected chi connectivity index (χ3v) is 3.87. The predicted molar refractivity (Wildman–Crippen MR) is 98.2 cm³/mol. The summed E-state index contributed by atoms with van der Waals surface area (Å²) in [6, 6.07) is 15.7. The van der Waals surface area contributed by atoms with Gasteiger partial charge in [0.05, 0.1) is 0 Å². The number of carbonyl (C=O) groups is 2. The Balaban J connectivity index is 1.93. The Kier molecular flexibility index (Phi) is 6.57. The molecule has 0 aromatic heterocycles. The van der Waals surface area contributed by atoms with Crippen molar-refractivity contribution in [3.8, 4) is 0 Å². The molecule has 0 saturated carbocycles. The maximum absolute atomic E-state index is 12.4. The molecule has 0 bridgehead atoms. The highest BCUT2D eigenvalue weighted by Crippen LogP contribution is 2.11. The summed E-state index contributed by atoms with van der Waals surface area (Å²) in [5.74, 6) is -0.535. The molecule has 0 aliphatic heterocycles. The highest BCUT2D eigenvalue weighted by Gasteiger charge is 2.25. The lowest BCUT2D eigenvalue weighted by Crippen LogP contribution is -2.47. The van der Waals surface area contributed by atoms with Crippen LogP contribution >= 0.6 is 0 Å². The Labute approximate surface area is 148 Å². The number of para-hydroxylation sites is 1. The maximum atomic E-state index is 12.4. The molecule has 0 fully saturated rings. The van der Waals surface area contributed by atoms with Gasteiger partial charge in [-0.2, -0.15) is 0 Å². The number of nitrogens with one attached hydrogen (secondary N) is 2. The van der Waals surface area contributed by atoms with Crippen molar-refractivity contribution in [2.45, 2.75) is 33.4 Å². The van der Waals surface area contributed by atoms with Gasteiger partial charge in [0.2, 0.25) is 0 Å². The van der Waals surface area contributed by atoms with Gasteiger partial charge in [0, 0.05) is 5.69 Å². The largest absolute Gasteiger partial charge is 0.459 e. The van der Waals surface area contributed by atoms with Gasteiger partial charge in [-0.15, -0.1) is 0 Å². The molecule has 1 atom stereocenters. The lowest BCUT2D eigenvalue weighted by Gasteiger charge is -2.21. The molecule has 0 heterocycles. The summed E-state index contributed by atoms with van der Waals surface area (Å²) in [6.07, 6.45) is 0. The molecule has 0 aliphatic rings. The molecular weight excluding hydrogens is 316 g/mol. The first-order valence-corrected chi connectivity index (χ1v) is 8.31. The number of ether oxygens (including phenoxy) is 1. The quantitative estimate of drug-likeness (QED) is 0.784. The summed E-state index contributed by atoms with van der Waals surface area (Å²) in [5.41, 5.74) is 2.68. The number of aryl methyl sites for hydroxylation is 1. The zero-order valence-electron chi connectivity index (χ0n) is 14.8. The van der Waals surface area contributed by atoms with Gasteiger partial charge in [0.1, 0.15) is 12.6 Å². The van der Waals surface area contributed by atoms with Gasteiger partial charge >= 0.3 is 12.0 Å². The van der Waals surface area contributed by atoms with Crippen LogP contribution < -0.4 is 10.6 Å². The van der Waals surface area contributed by atoms with Crippen molar-refractivity contribution in [3.05, 3.63) is 65.7 Å². The minimum absolute atomic E-state index is 0.0918. The maximum Gasteiger partial charge on any atom is 0.329 e. The van der Waals surface area contributed by atoms with Gasteiger partial charge in [-0.25, -0.2) is 9.59 Å². The number of esters is 1. The summed E-state index contributed by atoms with van der Waals surface area (Å²) in [4.78, 5) is 24.5. The van der Waals surface area contributed by atoms with Gasteiger partial charge in [-0.3, -0.25) is 0 Å². The summed E-state index contributed by atoms with van der Waals surface area (Å²) in [5, 5.41) is 5.40. The van der Waals surface area contributed by atoms with E-state index in [1.165, 1.54) is 0 Å². The number of benzene rings is 2. The van der Waals surface area contributed by atoms with Crippen molar-refractivity contribution < 1.29 is 14.3 Å². The molecule has 2 amide bonds. The lowest BCUT2D eigenvalue weighted by atomic mass is 10.0. The monoisotopic (exact) mass is 340 g/mol. The Hall–Kier alpha value is -2.82. The average Bonchev–Trinajstić information content (AvgIpc) is 2.59. The number of hydrogen-bond donors (Lipinski definition) is 2. The number of rotatable bonds is 6. The normalized spacial score (nSPS) is 11.7. The first-order chi connectivity index (χ1) is 12.0. The van der Waals surface area contributed by atoms with Crippen molar-refractivity contribution >= 4 is 17.7 Å². The molecule has 0 radical (unpaired) electrons. The predicted octanol–water partition coefficient (Wildman–Crippen LogP) is 3.88. The zero-order chi connectivity index (χ0) is 18.2. The van der Waals surface area contributed by atoms with Gasteiger partial charge < -0.3 is 15.4 Å². The zero-order valence-corrected chi connectivity index (χ0v) is 14.8. The number of anilines is 1. The number of hydrogen-bond acceptors (Lipinski definition) is 3. The minimum atomic E-state index is -0.715. The van der Waals surface area contributed by atoms with E-state index in [1.54, 1.807) is 12.1 Å². The summed E-state index contributed by atoms with van der Waals surface area (Å²) in [7, 11) is 0. The van der Waals surface area contributed by atoms with E-state index >= 15 is 0 Å². The van der Waals surface area contributed by atoms with Crippen molar-refractivity contribution in [3.63, 3.8) is 0 Å². The summed E-state index contributed by atoms with van der Waals surface area (Å²) in [6.45, 7) is 5.89. The van der Waals surface area contributed by atoms with Crippen molar-refractivity contribution in [1.29, 1.82) is 0 Å². The van der Waals surface area contributed by atoms with Crippen LogP contribution in [0, 0.1) is 12.8 Å². The molecule has 0 spiro atoms. The molecular formula is C20H24N2O3. The van der Waals surface area contributed by atoms with E-state index in [2.05, 4.69) is 10.6 Å². The molecule has 25 heavy (non-hydrogen) atoms. The third-order valence-electron chi connectivity index (χ3n) is 3.87. The fourth-order valence-corrected chi connectivity index (χ4v) is 2.34. The topological polar surface area (TPSA) is 67.4 Å². The summed E-state index contributed by atoms with van der Waals surface area (Å²) >= 11 is 0. The van der Waals surface area contributed by atoms with E-state index in [-0.39, 0.29) is 12.5 Å². The first-order valence-electron chi connectivity index (χ1n) is 8.31. The van der Waals surface area contributed by atoms with Crippen molar-refractivity contribution in [2.75, 3.05) is 5.32 Å². The molecule has 2 N–H and O–H groups in total. The lowest BCUT2D eigenvalue weighted by molar-refractivity contribution is -0.148. The standard InChI is InChI=1S/C20H24N2O3/c1-14(2)18(22-20(24)21-17-11-5-4-6-12-17)19(23)25-13-16-10-8-7-9-15(16)3/h4-12,14,18H,13H2,1-3H3,(H2,21,22,24)/t18-/m1/s1. The Bertz CT molecular complexity index is 714. The fourth-order valence-electron chi connectivity index (χ4n) is 2.34. The fraction of sp³-hybridized carbons (Fsp3) is 0.300.